The van der Waals surface area contributed by atoms with E-state index in [-0.39, 0.29) is 29.2 Å². The zero-order valence-corrected chi connectivity index (χ0v) is 20.5. The van der Waals surface area contributed by atoms with Crippen LogP contribution in [0.25, 0.3) is 11.1 Å². The lowest BCUT2D eigenvalue weighted by Gasteiger charge is -2.42. The molecule has 35 heavy (non-hydrogen) atoms. The number of alkyl halides is 3. The number of likely N-dealkylation sites (tertiary alicyclic amines) is 1. The first-order valence-electron chi connectivity index (χ1n) is 12.1. The van der Waals surface area contributed by atoms with Crippen LogP contribution < -0.4 is 9.64 Å². The summed E-state index contributed by atoms with van der Waals surface area (Å²) < 4.78 is 52.7. The van der Waals surface area contributed by atoms with Gasteiger partial charge >= 0.3 is 12.3 Å². The van der Waals surface area contributed by atoms with E-state index in [0.29, 0.717) is 18.7 Å². The number of amides is 1. The van der Waals surface area contributed by atoms with Gasteiger partial charge < -0.3 is 19.3 Å². The standard InChI is InChI=1S/C27H31F3N2O3/c1-26(2,3)35-25(33)32-14-18-13-31-9-5-6-16-10-17(11-21(24(16)31)22(18)15-32)20-8-7-19(34-4)12-23(20)27(28,29)30/h7-8,10-12,18,22H,5-6,9,13-15H2,1-4H3. The molecule has 1 fully saturated rings. The summed E-state index contributed by atoms with van der Waals surface area (Å²) in [5, 5.41) is 0. The lowest BCUT2D eigenvalue weighted by atomic mass is 9.78. The summed E-state index contributed by atoms with van der Waals surface area (Å²) in [6.45, 7) is 8.41. The lowest BCUT2D eigenvalue weighted by Crippen LogP contribution is -2.41. The second-order valence-corrected chi connectivity index (χ2v) is 10.8. The van der Waals surface area contributed by atoms with Crippen LogP contribution in [0.1, 0.15) is 49.8 Å². The van der Waals surface area contributed by atoms with Gasteiger partial charge in [0.25, 0.3) is 0 Å². The van der Waals surface area contributed by atoms with Gasteiger partial charge in [-0.2, -0.15) is 13.2 Å². The molecule has 3 aliphatic heterocycles. The average molecular weight is 489 g/mol. The highest BCUT2D eigenvalue weighted by atomic mass is 19.4. The van der Waals surface area contributed by atoms with Gasteiger partial charge in [0.1, 0.15) is 11.4 Å². The van der Waals surface area contributed by atoms with E-state index < -0.39 is 17.3 Å². The molecule has 1 amide bonds. The number of hydrogen-bond acceptors (Lipinski definition) is 4. The molecule has 0 radical (unpaired) electrons. The average Bonchev–Trinajstić information content (AvgIpc) is 3.21. The van der Waals surface area contributed by atoms with Gasteiger partial charge in [0.05, 0.1) is 12.7 Å². The first-order chi connectivity index (χ1) is 16.4. The van der Waals surface area contributed by atoms with Crippen LogP contribution in [0.4, 0.5) is 23.7 Å². The highest BCUT2D eigenvalue weighted by Gasteiger charge is 2.44. The van der Waals surface area contributed by atoms with Crippen molar-refractivity contribution < 1.29 is 27.4 Å². The number of hydrogen-bond donors (Lipinski definition) is 0. The van der Waals surface area contributed by atoms with Gasteiger partial charge in [-0.25, -0.2) is 4.79 Å². The van der Waals surface area contributed by atoms with Crippen molar-refractivity contribution >= 4 is 11.8 Å². The van der Waals surface area contributed by atoms with Crippen molar-refractivity contribution in [3.63, 3.8) is 0 Å². The van der Waals surface area contributed by atoms with Crippen LogP contribution in [-0.2, 0) is 17.3 Å². The number of rotatable bonds is 2. The number of halogens is 3. The first-order valence-corrected chi connectivity index (χ1v) is 12.1. The molecule has 3 aliphatic rings. The topological polar surface area (TPSA) is 42.0 Å². The molecule has 0 aliphatic carbocycles. The van der Waals surface area contributed by atoms with Crippen LogP contribution in [0.2, 0.25) is 0 Å². The number of anilines is 1. The van der Waals surface area contributed by atoms with Crippen LogP contribution in [-0.4, -0.2) is 49.9 Å². The maximum absolute atomic E-state index is 14.0. The first kappa shape index (κ1) is 23.8. The van der Waals surface area contributed by atoms with E-state index in [1.165, 1.54) is 13.2 Å². The Hall–Kier alpha value is -2.90. The quantitative estimate of drug-likeness (QED) is 0.513. The second kappa shape index (κ2) is 8.35. The van der Waals surface area contributed by atoms with Crippen molar-refractivity contribution in [1.82, 2.24) is 4.90 Å². The van der Waals surface area contributed by atoms with E-state index >= 15 is 0 Å². The second-order valence-electron chi connectivity index (χ2n) is 10.8. The highest BCUT2D eigenvalue weighted by molar-refractivity contribution is 5.78. The van der Waals surface area contributed by atoms with Crippen molar-refractivity contribution in [2.75, 3.05) is 38.2 Å². The van der Waals surface area contributed by atoms with E-state index in [1.807, 2.05) is 32.9 Å². The molecule has 0 N–H and O–H groups in total. The summed E-state index contributed by atoms with van der Waals surface area (Å²) >= 11 is 0. The van der Waals surface area contributed by atoms with Crippen molar-refractivity contribution in [1.29, 1.82) is 0 Å². The van der Waals surface area contributed by atoms with Crippen LogP contribution >= 0.6 is 0 Å². The fourth-order valence-corrected chi connectivity index (χ4v) is 5.79. The third-order valence-electron chi connectivity index (χ3n) is 7.20. The molecule has 5 nitrogen and oxygen atoms in total. The van der Waals surface area contributed by atoms with Crippen LogP contribution in [0.15, 0.2) is 30.3 Å². The summed E-state index contributed by atoms with van der Waals surface area (Å²) in [4.78, 5) is 16.9. The van der Waals surface area contributed by atoms with Crippen molar-refractivity contribution in [2.24, 2.45) is 5.92 Å². The molecule has 2 aromatic carbocycles. The Balaban J connectivity index is 1.58. The molecule has 3 heterocycles. The summed E-state index contributed by atoms with van der Waals surface area (Å²) in [6.07, 6.45) is -3.05. The molecule has 8 heteroatoms. The molecule has 1 saturated heterocycles. The number of carbonyl (C=O) groups excluding carboxylic acids is 1. The molecular formula is C27H31F3N2O3. The van der Waals surface area contributed by atoms with Crippen LogP contribution in [0.3, 0.4) is 0 Å². The predicted octanol–water partition coefficient (Wildman–Crippen LogP) is 6.10. The minimum atomic E-state index is -4.51. The van der Waals surface area contributed by atoms with Gasteiger partial charge in [0.2, 0.25) is 0 Å². The molecule has 2 atom stereocenters. The Morgan fingerprint density at radius 3 is 2.51 bits per heavy atom. The highest BCUT2D eigenvalue weighted by Crippen LogP contribution is 2.49. The molecule has 2 aromatic rings. The number of ether oxygens (including phenoxy) is 2. The van der Waals surface area contributed by atoms with Crippen molar-refractivity contribution in [3.05, 3.63) is 47.0 Å². The number of nitrogens with zero attached hydrogens (tertiary/aromatic N) is 2. The smallest absolute Gasteiger partial charge is 0.417 e. The van der Waals surface area contributed by atoms with E-state index in [4.69, 9.17) is 9.47 Å². The number of fused-ring (bicyclic) bond motifs is 2. The predicted molar refractivity (Wildman–Crippen MR) is 128 cm³/mol. The minimum Gasteiger partial charge on any atom is -0.497 e. The Morgan fingerprint density at radius 1 is 1.06 bits per heavy atom. The molecule has 2 unspecified atom stereocenters. The van der Waals surface area contributed by atoms with Crippen molar-refractivity contribution in [2.45, 2.75) is 51.3 Å². The molecule has 0 spiro atoms. The molecule has 0 aromatic heterocycles. The Labute approximate surface area is 203 Å². The molecule has 0 bridgehead atoms. The summed E-state index contributed by atoms with van der Waals surface area (Å²) in [7, 11) is 1.36. The maximum atomic E-state index is 14.0. The molecule has 5 rings (SSSR count). The van der Waals surface area contributed by atoms with E-state index in [0.717, 1.165) is 48.8 Å². The number of aryl methyl sites for hydroxylation is 1. The third kappa shape index (κ3) is 4.43. The summed E-state index contributed by atoms with van der Waals surface area (Å²) in [6, 6.07) is 7.98. The van der Waals surface area contributed by atoms with Gasteiger partial charge in [-0.15, -0.1) is 0 Å². The van der Waals surface area contributed by atoms with Gasteiger partial charge in [-0.05, 0) is 80.1 Å². The van der Waals surface area contributed by atoms with Gasteiger partial charge in [-0.1, -0.05) is 6.07 Å². The maximum Gasteiger partial charge on any atom is 0.417 e. The van der Waals surface area contributed by atoms with Crippen LogP contribution in [0.5, 0.6) is 5.75 Å². The summed E-state index contributed by atoms with van der Waals surface area (Å²) in [5.41, 5.74) is 2.71. The zero-order chi connectivity index (χ0) is 25.1. The van der Waals surface area contributed by atoms with E-state index in [2.05, 4.69) is 4.90 Å². The Bertz CT molecular complexity index is 1160. The molecule has 0 saturated carbocycles. The van der Waals surface area contributed by atoms with Gasteiger partial charge in [-0.3, -0.25) is 0 Å². The van der Waals surface area contributed by atoms with Gasteiger partial charge in [0, 0.05) is 43.7 Å². The lowest BCUT2D eigenvalue weighted by molar-refractivity contribution is -0.137. The largest absolute Gasteiger partial charge is 0.497 e. The number of benzene rings is 2. The fourth-order valence-electron chi connectivity index (χ4n) is 5.79. The van der Waals surface area contributed by atoms with E-state index in [1.54, 1.807) is 11.0 Å². The third-order valence-corrected chi connectivity index (χ3v) is 7.20. The van der Waals surface area contributed by atoms with E-state index in [9.17, 15) is 18.0 Å². The molecular weight excluding hydrogens is 457 g/mol. The Morgan fingerprint density at radius 2 is 1.83 bits per heavy atom. The zero-order valence-electron chi connectivity index (χ0n) is 20.5. The molecule has 188 valence electrons. The fraction of sp³-hybridized carbons (Fsp3) is 0.519. The van der Waals surface area contributed by atoms with Crippen molar-refractivity contribution in [3.8, 4) is 16.9 Å². The Kier molecular flexibility index (Phi) is 5.68. The SMILES string of the molecule is COc1ccc(-c2cc3c4c(c2)C2CN(C(=O)OC(C)(C)C)CC2CN4CCC3)c(C(F)(F)F)c1. The number of methoxy groups -OCH3 is 1. The summed E-state index contributed by atoms with van der Waals surface area (Å²) in [5.74, 6) is 0.461. The van der Waals surface area contributed by atoms with Gasteiger partial charge in [0.15, 0.2) is 0 Å². The number of carbonyl (C=O) groups is 1. The van der Waals surface area contributed by atoms with Crippen LogP contribution in [0, 0.1) is 5.92 Å². The monoisotopic (exact) mass is 488 g/mol. The minimum absolute atomic E-state index is 0.0677. The normalized spacial score (nSPS) is 21.5.